The van der Waals surface area contributed by atoms with E-state index in [1.165, 1.54) is 23.1 Å². The van der Waals surface area contributed by atoms with E-state index in [0.29, 0.717) is 5.82 Å². The minimum absolute atomic E-state index is 0.0237. The summed E-state index contributed by atoms with van der Waals surface area (Å²) >= 11 is 3.01. The highest BCUT2D eigenvalue weighted by Gasteiger charge is 2.13. The van der Waals surface area contributed by atoms with Crippen LogP contribution in [0.1, 0.15) is 11.4 Å². The Labute approximate surface area is 105 Å². The van der Waals surface area contributed by atoms with Gasteiger partial charge in [0, 0.05) is 5.56 Å². The highest BCUT2D eigenvalue weighted by Crippen LogP contribution is 2.22. The second-order valence-corrected chi connectivity index (χ2v) is 4.24. The van der Waals surface area contributed by atoms with E-state index in [9.17, 15) is 8.78 Å². The number of aromatic nitrogens is 3. The second kappa shape index (κ2) is 4.89. The largest absolute Gasteiger partial charge is 0.324 e. The molecule has 7 heteroatoms. The minimum atomic E-state index is -0.630. The van der Waals surface area contributed by atoms with Gasteiger partial charge in [0.05, 0.1) is 17.6 Å². The average molecular weight is 303 g/mol. The first-order valence-electron chi connectivity index (χ1n) is 4.82. The van der Waals surface area contributed by atoms with Crippen molar-refractivity contribution in [3.63, 3.8) is 0 Å². The first-order valence-corrected chi connectivity index (χ1v) is 5.62. The molecule has 0 saturated carbocycles. The van der Waals surface area contributed by atoms with Crippen LogP contribution in [0, 0.1) is 11.6 Å². The smallest absolute Gasteiger partial charge is 0.164 e. The summed E-state index contributed by atoms with van der Waals surface area (Å²) in [5, 5.41) is 3.97. The van der Waals surface area contributed by atoms with Gasteiger partial charge in [-0.2, -0.15) is 5.10 Å². The van der Waals surface area contributed by atoms with Crippen molar-refractivity contribution in [2.24, 2.45) is 5.73 Å². The Kier molecular flexibility index (Phi) is 3.49. The maximum Gasteiger partial charge on any atom is 0.164 e. The zero-order valence-corrected chi connectivity index (χ0v) is 10.3. The van der Waals surface area contributed by atoms with Crippen LogP contribution in [0.5, 0.6) is 0 Å². The Bertz CT molecular complexity index is 541. The fraction of sp³-hybridized carbons (Fsp3) is 0.200. The van der Waals surface area contributed by atoms with E-state index in [0.717, 1.165) is 0 Å². The lowest BCUT2D eigenvalue weighted by Crippen LogP contribution is -2.07. The van der Waals surface area contributed by atoms with Crippen LogP contribution in [-0.4, -0.2) is 14.8 Å². The molecule has 1 aromatic heterocycles. The van der Waals surface area contributed by atoms with E-state index in [1.54, 1.807) is 0 Å². The number of nitrogens with two attached hydrogens (primary N) is 1. The molecule has 0 spiro atoms. The molecular formula is C10H9BrF2N4. The van der Waals surface area contributed by atoms with Crippen LogP contribution >= 0.6 is 15.9 Å². The molecule has 17 heavy (non-hydrogen) atoms. The number of hydrogen-bond acceptors (Lipinski definition) is 3. The summed E-state index contributed by atoms with van der Waals surface area (Å²) in [6.45, 7) is 0.167. The lowest BCUT2D eigenvalue weighted by Gasteiger charge is -2.06. The van der Waals surface area contributed by atoms with E-state index in [1.807, 2.05) is 0 Å². The minimum Gasteiger partial charge on any atom is -0.324 e. The third-order valence-electron chi connectivity index (χ3n) is 2.23. The van der Waals surface area contributed by atoms with Crippen molar-refractivity contribution < 1.29 is 8.78 Å². The summed E-state index contributed by atoms with van der Waals surface area (Å²) in [6, 6.07) is 2.52. The number of benzene rings is 1. The van der Waals surface area contributed by atoms with Crippen molar-refractivity contribution in [3.05, 3.63) is 46.0 Å². The van der Waals surface area contributed by atoms with Crippen LogP contribution in [0.25, 0.3) is 0 Å². The topological polar surface area (TPSA) is 56.7 Å². The fourth-order valence-corrected chi connectivity index (χ4v) is 1.75. The molecule has 0 amide bonds. The number of nitrogens with zero attached hydrogens (tertiary/aromatic N) is 3. The van der Waals surface area contributed by atoms with E-state index >= 15 is 0 Å². The molecule has 0 bridgehead atoms. The van der Waals surface area contributed by atoms with Crippen LogP contribution in [0.15, 0.2) is 22.9 Å². The molecule has 0 atom stereocenters. The first-order chi connectivity index (χ1) is 8.11. The molecule has 2 rings (SSSR count). The lowest BCUT2D eigenvalue weighted by molar-refractivity contribution is 0.528. The summed E-state index contributed by atoms with van der Waals surface area (Å²) in [7, 11) is 0. The molecule has 0 aliphatic rings. The van der Waals surface area contributed by atoms with E-state index < -0.39 is 11.6 Å². The van der Waals surface area contributed by atoms with Crippen molar-refractivity contribution in [3.8, 4) is 0 Å². The molecule has 0 radical (unpaired) electrons. The van der Waals surface area contributed by atoms with Gasteiger partial charge in [-0.3, -0.25) is 0 Å². The van der Waals surface area contributed by atoms with E-state index in [-0.39, 0.29) is 23.1 Å². The highest BCUT2D eigenvalue weighted by atomic mass is 79.9. The monoisotopic (exact) mass is 302 g/mol. The van der Waals surface area contributed by atoms with Gasteiger partial charge in [0.1, 0.15) is 18.0 Å². The number of hydrogen-bond donors (Lipinski definition) is 1. The van der Waals surface area contributed by atoms with Crippen LogP contribution in [0.4, 0.5) is 8.78 Å². The third-order valence-corrected chi connectivity index (χ3v) is 2.84. The van der Waals surface area contributed by atoms with Crippen molar-refractivity contribution in [2.75, 3.05) is 0 Å². The zero-order valence-electron chi connectivity index (χ0n) is 8.70. The van der Waals surface area contributed by atoms with Crippen molar-refractivity contribution in [2.45, 2.75) is 13.1 Å². The fourth-order valence-electron chi connectivity index (χ4n) is 1.38. The van der Waals surface area contributed by atoms with Gasteiger partial charge in [0.2, 0.25) is 0 Å². The molecule has 1 aromatic carbocycles. The first kappa shape index (κ1) is 12.1. The van der Waals surface area contributed by atoms with Crippen molar-refractivity contribution >= 4 is 15.9 Å². The lowest BCUT2D eigenvalue weighted by atomic mass is 10.2. The molecule has 0 unspecified atom stereocenters. The molecular weight excluding hydrogens is 294 g/mol. The Balaban J connectivity index is 2.32. The van der Waals surface area contributed by atoms with Gasteiger partial charge in [-0.1, -0.05) is 0 Å². The predicted molar refractivity (Wildman–Crippen MR) is 61.1 cm³/mol. The van der Waals surface area contributed by atoms with Gasteiger partial charge in [0.15, 0.2) is 5.82 Å². The standard InChI is InChI=1S/C10H9BrF2N4/c11-7-1-2-8(12)6(10(7)13)4-17-5-15-9(3-14)16-17/h1-2,5H,3-4,14H2. The third kappa shape index (κ3) is 2.50. The van der Waals surface area contributed by atoms with Gasteiger partial charge in [0.25, 0.3) is 0 Å². The SMILES string of the molecule is NCc1ncn(Cc2c(F)ccc(Br)c2F)n1. The van der Waals surface area contributed by atoms with Gasteiger partial charge in [-0.25, -0.2) is 18.4 Å². The van der Waals surface area contributed by atoms with Gasteiger partial charge in [-0.15, -0.1) is 0 Å². The van der Waals surface area contributed by atoms with E-state index in [4.69, 9.17) is 5.73 Å². The van der Waals surface area contributed by atoms with Crippen LogP contribution in [0.2, 0.25) is 0 Å². The maximum atomic E-state index is 13.7. The molecule has 1 heterocycles. The average Bonchev–Trinajstić information content (AvgIpc) is 2.77. The summed E-state index contributed by atoms with van der Waals surface area (Å²) in [5.41, 5.74) is 5.28. The summed E-state index contributed by atoms with van der Waals surface area (Å²) < 4.78 is 28.7. The Morgan fingerprint density at radius 3 is 2.76 bits per heavy atom. The Morgan fingerprint density at radius 2 is 2.12 bits per heavy atom. The zero-order chi connectivity index (χ0) is 12.4. The van der Waals surface area contributed by atoms with Crippen molar-refractivity contribution in [1.29, 1.82) is 0 Å². The van der Waals surface area contributed by atoms with Gasteiger partial charge in [-0.05, 0) is 28.1 Å². The molecule has 0 saturated heterocycles. The molecule has 90 valence electrons. The van der Waals surface area contributed by atoms with E-state index in [2.05, 4.69) is 26.0 Å². The van der Waals surface area contributed by atoms with Gasteiger partial charge >= 0.3 is 0 Å². The predicted octanol–water partition coefficient (Wildman–Crippen LogP) is 1.83. The number of rotatable bonds is 3. The molecule has 2 N–H and O–H groups in total. The molecule has 0 aliphatic heterocycles. The van der Waals surface area contributed by atoms with Crippen LogP contribution in [0.3, 0.4) is 0 Å². The maximum absolute atomic E-state index is 13.7. The second-order valence-electron chi connectivity index (χ2n) is 3.38. The highest BCUT2D eigenvalue weighted by molar-refractivity contribution is 9.10. The molecule has 2 aromatic rings. The Morgan fingerprint density at radius 1 is 1.35 bits per heavy atom. The molecule has 4 nitrogen and oxygen atoms in total. The van der Waals surface area contributed by atoms with Crippen LogP contribution in [-0.2, 0) is 13.1 Å². The Hall–Kier alpha value is -1.34. The summed E-state index contributed by atoms with van der Waals surface area (Å²) in [4.78, 5) is 3.88. The normalized spacial score (nSPS) is 10.8. The van der Waals surface area contributed by atoms with Crippen molar-refractivity contribution in [1.82, 2.24) is 14.8 Å². The summed E-state index contributed by atoms with van der Waals surface area (Å²) in [6.07, 6.45) is 1.39. The summed E-state index contributed by atoms with van der Waals surface area (Å²) in [5.74, 6) is -0.814. The quantitative estimate of drug-likeness (QED) is 0.880. The molecule has 0 fully saturated rings. The molecule has 0 aliphatic carbocycles. The number of halogens is 3. The van der Waals surface area contributed by atoms with Gasteiger partial charge < -0.3 is 5.73 Å². The van der Waals surface area contributed by atoms with Crippen LogP contribution < -0.4 is 5.73 Å².